The number of hydrogen-bond acceptors (Lipinski definition) is 7. The lowest BCUT2D eigenvalue weighted by Gasteiger charge is -2.44. The second-order valence-corrected chi connectivity index (χ2v) is 9.10. The smallest absolute Gasteiger partial charge is 0.229 e. The van der Waals surface area contributed by atoms with Gasteiger partial charge in [-0.25, -0.2) is 0 Å². The van der Waals surface area contributed by atoms with Crippen LogP contribution >= 0.6 is 11.8 Å². The number of ether oxygens (including phenoxy) is 3. The van der Waals surface area contributed by atoms with E-state index in [1.165, 1.54) is 32.1 Å². The first-order valence-corrected chi connectivity index (χ1v) is 11.7. The fraction of sp³-hybridized carbons (Fsp3) is 0.565. The first kappa shape index (κ1) is 21.8. The van der Waals surface area contributed by atoms with E-state index in [4.69, 9.17) is 14.2 Å². The molecule has 7 nitrogen and oxygen atoms in total. The summed E-state index contributed by atoms with van der Waals surface area (Å²) in [5, 5.41) is 10.9. The minimum Gasteiger partial charge on any atom is -0.493 e. The molecule has 8 heteroatoms. The molecule has 0 unspecified atom stereocenters. The third-order valence-corrected chi connectivity index (χ3v) is 7.67. The van der Waals surface area contributed by atoms with Crippen LogP contribution < -0.4 is 14.2 Å². The van der Waals surface area contributed by atoms with Gasteiger partial charge in [-0.15, -0.1) is 0 Å². The lowest BCUT2D eigenvalue weighted by molar-refractivity contribution is -0.132. The number of fused-ring (bicyclic) bond motifs is 1. The molecule has 2 aliphatic heterocycles. The molecule has 4 rings (SSSR count). The van der Waals surface area contributed by atoms with Crippen molar-refractivity contribution >= 4 is 17.7 Å². The number of rotatable bonds is 5. The van der Waals surface area contributed by atoms with Crippen LogP contribution in [-0.4, -0.2) is 55.6 Å². The number of methoxy groups -OCH3 is 3. The maximum absolute atomic E-state index is 13.2. The number of nitriles is 1. The van der Waals surface area contributed by atoms with E-state index in [1.807, 2.05) is 17.0 Å². The molecule has 3 aliphatic rings. The number of nitrogens with zero attached hydrogens (tertiary/aromatic N) is 3. The summed E-state index contributed by atoms with van der Waals surface area (Å²) in [7, 11) is 4.69. The van der Waals surface area contributed by atoms with Crippen LogP contribution in [0.25, 0.3) is 0 Å². The van der Waals surface area contributed by atoms with Crippen molar-refractivity contribution in [1.82, 2.24) is 9.80 Å². The predicted molar refractivity (Wildman–Crippen MR) is 119 cm³/mol. The van der Waals surface area contributed by atoms with E-state index < -0.39 is 0 Å². The molecule has 31 heavy (non-hydrogen) atoms. The molecular weight excluding hydrogens is 414 g/mol. The average molecular weight is 444 g/mol. The summed E-state index contributed by atoms with van der Waals surface area (Å²) in [6, 6.07) is 6.62. The van der Waals surface area contributed by atoms with Crippen LogP contribution in [0.1, 0.15) is 50.0 Å². The van der Waals surface area contributed by atoms with E-state index in [9.17, 15) is 10.1 Å². The zero-order valence-corrected chi connectivity index (χ0v) is 19.2. The van der Waals surface area contributed by atoms with Crippen molar-refractivity contribution in [2.75, 3.05) is 33.9 Å². The summed E-state index contributed by atoms with van der Waals surface area (Å²) in [4.78, 5) is 17.4. The van der Waals surface area contributed by atoms with E-state index >= 15 is 0 Å². The number of allylic oxidation sites excluding steroid dienone is 1. The number of carbonyl (C=O) groups excluding carboxylic acids is 1. The Bertz CT molecular complexity index is 895. The summed E-state index contributed by atoms with van der Waals surface area (Å²) in [5.41, 5.74) is 1.46. The van der Waals surface area contributed by atoms with Gasteiger partial charge in [0.2, 0.25) is 11.7 Å². The monoisotopic (exact) mass is 443 g/mol. The highest BCUT2D eigenvalue weighted by Crippen LogP contribution is 2.47. The molecule has 0 spiro atoms. The molecular formula is C23H29N3O4S. The summed E-state index contributed by atoms with van der Waals surface area (Å²) in [6.45, 7) is 0.582. The third-order valence-electron chi connectivity index (χ3n) is 6.49. The van der Waals surface area contributed by atoms with Gasteiger partial charge in [0, 0.05) is 18.4 Å². The van der Waals surface area contributed by atoms with Crippen molar-refractivity contribution in [3.63, 3.8) is 0 Å². The van der Waals surface area contributed by atoms with Crippen molar-refractivity contribution in [2.24, 2.45) is 0 Å². The normalized spacial score (nSPS) is 22.7. The number of benzene rings is 1. The maximum Gasteiger partial charge on any atom is 0.229 e. The number of thioether (sulfide) groups is 1. The Kier molecular flexibility index (Phi) is 6.63. The largest absolute Gasteiger partial charge is 0.493 e. The minimum atomic E-state index is -0.328. The van der Waals surface area contributed by atoms with E-state index in [-0.39, 0.29) is 18.2 Å². The number of amides is 1. The SMILES string of the molecule is COc1cc([C@@H]2CC(=O)N3CN(C4CCCCC4)CSC3=C2C#N)cc(OC)c1OC. The van der Waals surface area contributed by atoms with Crippen LogP contribution in [0.4, 0.5) is 0 Å². The summed E-state index contributed by atoms with van der Waals surface area (Å²) in [5.74, 6) is 2.09. The number of carbonyl (C=O) groups is 1. The Morgan fingerprint density at radius 1 is 1.06 bits per heavy atom. The first-order chi connectivity index (χ1) is 15.1. The zero-order chi connectivity index (χ0) is 22.0. The first-order valence-electron chi connectivity index (χ1n) is 10.7. The van der Waals surface area contributed by atoms with Gasteiger partial charge in [0.1, 0.15) is 0 Å². The molecule has 1 aliphatic carbocycles. The Morgan fingerprint density at radius 3 is 2.32 bits per heavy atom. The van der Waals surface area contributed by atoms with Gasteiger partial charge in [0.15, 0.2) is 11.5 Å². The molecule has 1 atom stereocenters. The topological polar surface area (TPSA) is 75.0 Å². The van der Waals surface area contributed by atoms with Gasteiger partial charge in [-0.05, 0) is 30.5 Å². The second-order valence-electron chi connectivity index (χ2n) is 8.16. The zero-order valence-electron chi connectivity index (χ0n) is 18.3. The quantitative estimate of drug-likeness (QED) is 0.679. The minimum absolute atomic E-state index is 0.0563. The van der Waals surface area contributed by atoms with Gasteiger partial charge in [-0.2, -0.15) is 5.26 Å². The molecule has 0 radical (unpaired) electrons. The van der Waals surface area contributed by atoms with Gasteiger partial charge in [0.05, 0.1) is 50.5 Å². The Labute approximate surface area is 187 Å². The lowest BCUT2D eigenvalue weighted by Crippen LogP contribution is -2.51. The van der Waals surface area contributed by atoms with Gasteiger partial charge in [0.25, 0.3) is 0 Å². The molecule has 166 valence electrons. The maximum atomic E-state index is 13.2. The average Bonchev–Trinajstić information content (AvgIpc) is 2.83. The van der Waals surface area contributed by atoms with E-state index in [2.05, 4.69) is 11.0 Å². The van der Waals surface area contributed by atoms with Crippen molar-refractivity contribution in [2.45, 2.75) is 50.5 Å². The lowest BCUT2D eigenvalue weighted by atomic mass is 9.86. The van der Waals surface area contributed by atoms with Gasteiger partial charge in [-0.3, -0.25) is 14.6 Å². The molecule has 2 heterocycles. The van der Waals surface area contributed by atoms with Crippen LogP contribution in [0.15, 0.2) is 22.7 Å². The molecule has 1 saturated carbocycles. The number of hydrogen-bond donors (Lipinski definition) is 0. The molecule has 1 aromatic carbocycles. The fourth-order valence-corrected chi connectivity index (χ4v) is 6.08. The summed E-state index contributed by atoms with van der Waals surface area (Å²) in [6.07, 6.45) is 6.47. The van der Waals surface area contributed by atoms with Gasteiger partial charge < -0.3 is 14.2 Å². The van der Waals surface area contributed by atoms with Crippen LogP contribution in [0.3, 0.4) is 0 Å². The molecule has 0 bridgehead atoms. The standard InChI is InChI=1S/C23H29N3O4S/c1-28-19-9-15(10-20(29-2)22(19)30-3)17-11-21(27)26-13-25(16-7-5-4-6-8-16)14-31-23(26)18(17)12-24/h9-10,16-17H,4-8,11,13-14H2,1-3H3/t17-/m0/s1. The third kappa shape index (κ3) is 4.09. The molecule has 0 aromatic heterocycles. The fourth-order valence-electron chi connectivity index (χ4n) is 4.84. The van der Waals surface area contributed by atoms with E-state index in [0.29, 0.717) is 35.5 Å². The van der Waals surface area contributed by atoms with Crippen LogP contribution in [0, 0.1) is 11.3 Å². The second kappa shape index (κ2) is 9.41. The van der Waals surface area contributed by atoms with Crippen molar-refractivity contribution < 1.29 is 19.0 Å². The Balaban J connectivity index is 1.67. The molecule has 1 amide bonds. The van der Waals surface area contributed by atoms with E-state index in [0.717, 1.165) is 16.5 Å². The predicted octanol–water partition coefficient (Wildman–Crippen LogP) is 4.06. The molecule has 1 aromatic rings. The van der Waals surface area contributed by atoms with Crippen molar-refractivity contribution in [3.05, 3.63) is 28.3 Å². The summed E-state index contributed by atoms with van der Waals surface area (Å²) >= 11 is 1.61. The van der Waals surface area contributed by atoms with Crippen molar-refractivity contribution in [1.29, 1.82) is 5.26 Å². The molecule has 2 fully saturated rings. The van der Waals surface area contributed by atoms with Crippen LogP contribution in [-0.2, 0) is 4.79 Å². The molecule has 1 saturated heterocycles. The summed E-state index contributed by atoms with van der Waals surface area (Å²) < 4.78 is 16.4. The van der Waals surface area contributed by atoms with Gasteiger partial charge in [-0.1, -0.05) is 31.0 Å². The molecule has 0 N–H and O–H groups in total. The Hall–Kier alpha value is -2.37. The highest BCUT2D eigenvalue weighted by Gasteiger charge is 2.40. The highest BCUT2D eigenvalue weighted by molar-refractivity contribution is 8.03. The van der Waals surface area contributed by atoms with E-state index in [1.54, 1.807) is 33.1 Å². The van der Waals surface area contributed by atoms with Gasteiger partial charge >= 0.3 is 0 Å². The Morgan fingerprint density at radius 2 is 1.74 bits per heavy atom. The van der Waals surface area contributed by atoms with Crippen LogP contribution in [0.2, 0.25) is 0 Å². The van der Waals surface area contributed by atoms with Crippen molar-refractivity contribution in [3.8, 4) is 23.3 Å². The highest BCUT2D eigenvalue weighted by atomic mass is 32.2. The van der Waals surface area contributed by atoms with Crippen LogP contribution in [0.5, 0.6) is 17.2 Å².